The molecule has 7 heteroatoms. The van der Waals surface area contributed by atoms with Crippen molar-refractivity contribution in [2.45, 2.75) is 6.54 Å². The Morgan fingerprint density at radius 1 is 1.50 bits per heavy atom. The third-order valence-electron chi connectivity index (χ3n) is 2.31. The molecule has 1 amide bonds. The number of hydrogen-bond donors (Lipinski definition) is 2. The topological polar surface area (TPSA) is 80.0 Å². The molecule has 1 heterocycles. The molecule has 0 fully saturated rings. The lowest BCUT2D eigenvalue weighted by Crippen LogP contribution is -2.24. The van der Waals surface area contributed by atoms with E-state index in [4.69, 9.17) is 11.6 Å². The molecule has 0 saturated heterocycles. The normalized spacial score (nSPS) is 10.1. The molecule has 0 atom stereocenters. The van der Waals surface area contributed by atoms with Crippen LogP contribution in [0.2, 0.25) is 5.02 Å². The van der Waals surface area contributed by atoms with E-state index in [9.17, 15) is 4.79 Å². The molecule has 0 radical (unpaired) electrons. The zero-order chi connectivity index (χ0) is 13.0. The fraction of sp³-hybridized carbons (Fsp3) is 0.182. The summed E-state index contributed by atoms with van der Waals surface area (Å²) in [5.41, 5.74) is 1.17. The highest BCUT2D eigenvalue weighted by Crippen LogP contribution is 2.20. The summed E-state index contributed by atoms with van der Waals surface area (Å²) in [6.45, 7) is 0.199. The summed E-state index contributed by atoms with van der Waals surface area (Å²) in [4.78, 5) is 15.8. The Morgan fingerprint density at radius 2 is 2.33 bits per heavy atom. The first kappa shape index (κ1) is 12.4. The number of anilines is 1. The van der Waals surface area contributed by atoms with Crippen LogP contribution in [0.1, 0.15) is 16.2 Å². The van der Waals surface area contributed by atoms with E-state index in [1.165, 1.54) is 6.39 Å². The molecule has 0 aliphatic heterocycles. The smallest absolute Gasteiger partial charge is 0.253 e. The van der Waals surface area contributed by atoms with Crippen LogP contribution in [0.5, 0.6) is 0 Å². The number of carbonyl (C=O) groups excluding carboxylic acids is 1. The first-order valence-electron chi connectivity index (χ1n) is 5.21. The van der Waals surface area contributed by atoms with E-state index in [1.54, 1.807) is 25.2 Å². The van der Waals surface area contributed by atoms with Crippen molar-refractivity contribution in [2.24, 2.45) is 0 Å². The Bertz CT molecular complexity index is 542. The van der Waals surface area contributed by atoms with E-state index in [0.717, 1.165) is 0 Å². The summed E-state index contributed by atoms with van der Waals surface area (Å²) in [5, 5.41) is 9.71. The van der Waals surface area contributed by atoms with E-state index in [-0.39, 0.29) is 12.5 Å². The predicted molar refractivity (Wildman–Crippen MR) is 66.5 cm³/mol. The lowest BCUT2D eigenvalue weighted by atomic mass is 10.1. The SMILES string of the molecule is CNc1ccc(Cl)cc1C(=O)NCc1ncon1. The van der Waals surface area contributed by atoms with Gasteiger partial charge in [0.2, 0.25) is 6.39 Å². The zero-order valence-corrected chi connectivity index (χ0v) is 10.4. The predicted octanol–water partition coefficient (Wildman–Crippen LogP) is 1.69. The summed E-state index contributed by atoms with van der Waals surface area (Å²) in [6, 6.07) is 5.05. The number of hydrogen-bond acceptors (Lipinski definition) is 5. The molecular formula is C11H11ClN4O2. The Labute approximate surface area is 108 Å². The average Bonchev–Trinajstić information content (AvgIpc) is 2.89. The van der Waals surface area contributed by atoms with Gasteiger partial charge in [0, 0.05) is 17.8 Å². The third kappa shape index (κ3) is 2.78. The second kappa shape index (κ2) is 5.50. The molecule has 1 aromatic carbocycles. The monoisotopic (exact) mass is 266 g/mol. The van der Waals surface area contributed by atoms with Crippen LogP contribution in [0, 0.1) is 0 Å². The molecule has 0 unspecified atom stereocenters. The first-order chi connectivity index (χ1) is 8.70. The molecule has 2 rings (SSSR count). The van der Waals surface area contributed by atoms with Crippen LogP contribution in [0.25, 0.3) is 0 Å². The van der Waals surface area contributed by atoms with E-state index in [1.807, 2.05) is 0 Å². The third-order valence-corrected chi connectivity index (χ3v) is 2.54. The molecule has 0 aliphatic carbocycles. The maximum absolute atomic E-state index is 12.0. The van der Waals surface area contributed by atoms with Crippen molar-refractivity contribution in [3.05, 3.63) is 41.0 Å². The van der Waals surface area contributed by atoms with Gasteiger partial charge in [-0.25, -0.2) is 0 Å². The molecule has 2 N–H and O–H groups in total. The number of benzene rings is 1. The van der Waals surface area contributed by atoms with Gasteiger partial charge in [0.25, 0.3) is 5.91 Å². The lowest BCUT2D eigenvalue weighted by Gasteiger charge is -2.09. The lowest BCUT2D eigenvalue weighted by molar-refractivity contribution is 0.0950. The second-order valence-corrected chi connectivity index (χ2v) is 3.91. The molecule has 1 aromatic heterocycles. The maximum atomic E-state index is 12.0. The minimum Gasteiger partial charge on any atom is -0.387 e. The quantitative estimate of drug-likeness (QED) is 0.880. The van der Waals surface area contributed by atoms with Gasteiger partial charge < -0.3 is 15.2 Å². The van der Waals surface area contributed by atoms with Gasteiger partial charge in [-0.1, -0.05) is 16.8 Å². The molecular weight excluding hydrogens is 256 g/mol. The fourth-order valence-electron chi connectivity index (χ4n) is 1.45. The van der Waals surface area contributed by atoms with Crippen LogP contribution in [0.4, 0.5) is 5.69 Å². The Balaban J connectivity index is 2.10. The van der Waals surface area contributed by atoms with Crippen LogP contribution >= 0.6 is 11.6 Å². The average molecular weight is 267 g/mol. The minimum atomic E-state index is -0.258. The molecule has 0 aliphatic rings. The zero-order valence-electron chi connectivity index (χ0n) is 9.61. The van der Waals surface area contributed by atoms with Crippen molar-refractivity contribution in [3.63, 3.8) is 0 Å². The molecule has 2 aromatic rings. The van der Waals surface area contributed by atoms with Gasteiger partial charge in [0.05, 0.1) is 12.1 Å². The molecule has 6 nitrogen and oxygen atoms in total. The number of rotatable bonds is 4. The van der Waals surface area contributed by atoms with Crippen LogP contribution in [-0.4, -0.2) is 23.1 Å². The van der Waals surface area contributed by atoms with Crippen molar-refractivity contribution in [3.8, 4) is 0 Å². The standard InChI is InChI=1S/C11H11ClN4O2/c1-13-9-3-2-7(12)4-8(9)11(17)14-5-10-15-6-18-16-10/h2-4,6,13H,5H2,1H3,(H,14,17). The van der Waals surface area contributed by atoms with Crippen molar-refractivity contribution >= 4 is 23.2 Å². The Morgan fingerprint density at radius 3 is 3.00 bits per heavy atom. The Kier molecular flexibility index (Phi) is 3.78. The van der Waals surface area contributed by atoms with Crippen LogP contribution < -0.4 is 10.6 Å². The van der Waals surface area contributed by atoms with Gasteiger partial charge in [-0.3, -0.25) is 4.79 Å². The van der Waals surface area contributed by atoms with E-state index >= 15 is 0 Å². The van der Waals surface area contributed by atoms with Gasteiger partial charge in [-0.15, -0.1) is 0 Å². The minimum absolute atomic E-state index is 0.199. The van der Waals surface area contributed by atoms with Crippen molar-refractivity contribution in [1.82, 2.24) is 15.5 Å². The summed E-state index contributed by atoms with van der Waals surface area (Å²) in [5.74, 6) is 0.156. The van der Waals surface area contributed by atoms with Gasteiger partial charge in [0.1, 0.15) is 0 Å². The van der Waals surface area contributed by atoms with Gasteiger partial charge in [-0.05, 0) is 18.2 Å². The number of aromatic nitrogens is 2. The summed E-state index contributed by atoms with van der Waals surface area (Å²) in [6.07, 6.45) is 1.21. The van der Waals surface area contributed by atoms with Gasteiger partial charge >= 0.3 is 0 Å². The number of nitrogens with one attached hydrogen (secondary N) is 2. The molecule has 18 heavy (non-hydrogen) atoms. The number of halogens is 1. The van der Waals surface area contributed by atoms with Crippen molar-refractivity contribution < 1.29 is 9.32 Å². The Hall–Kier alpha value is -2.08. The summed E-state index contributed by atoms with van der Waals surface area (Å²) in [7, 11) is 1.74. The largest absolute Gasteiger partial charge is 0.387 e. The van der Waals surface area contributed by atoms with Gasteiger partial charge in [0.15, 0.2) is 5.82 Å². The number of amides is 1. The first-order valence-corrected chi connectivity index (χ1v) is 5.59. The van der Waals surface area contributed by atoms with Crippen LogP contribution in [0.3, 0.4) is 0 Å². The van der Waals surface area contributed by atoms with E-state index in [0.29, 0.717) is 22.1 Å². The summed E-state index contributed by atoms with van der Waals surface area (Å²) < 4.78 is 4.57. The van der Waals surface area contributed by atoms with E-state index in [2.05, 4.69) is 25.3 Å². The summed E-state index contributed by atoms with van der Waals surface area (Å²) >= 11 is 5.87. The van der Waals surface area contributed by atoms with Crippen molar-refractivity contribution in [2.75, 3.05) is 12.4 Å². The molecule has 0 saturated carbocycles. The number of carbonyl (C=O) groups is 1. The van der Waals surface area contributed by atoms with Crippen molar-refractivity contribution in [1.29, 1.82) is 0 Å². The van der Waals surface area contributed by atoms with Gasteiger partial charge in [-0.2, -0.15) is 4.98 Å². The molecule has 94 valence electrons. The highest BCUT2D eigenvalue weighted by molar-refractivity contribution is 6.31. The van der Waals surface area contributed by atoms with Crippen LogP contribution in [0.15, 0.2) is 29.1 Å². The highest BCUT2D eigenvalue weighted by atomic mass is 35.5. The fourth-order valence-corrected chi connectivity index (χ4v) is 1.62. The number of nitrogens with zero attached hydrogens (tertiary/aromatic N) is 2. The van der Waals surface area contributed by atoms with E-state index < -0.39 is 0 Å². The second-order valence-electron chi connectivity index (χ2n) is 3.47. The molecule has 0 spiro atoms. The molecule has 0 bridgehead atoms. The maximum Gasteiger partial charge on any atom is 0.253 e. The van der Waals surface area contributed by atoms with Crippen LogP contribution in [-0.2, 0) is 6.54 Å². The highest BCUT2D eigenvalue weighted by Gasteiger charge is 2.12.